The number of aromatic nitrogens is 4. The Labute approximate surface area is 179 Å². The SMILES string of the molecule is Cc1cc(N2CCN(C(=O)CCc3nc(-c4cccs4)no3)CC2)nc(C(C)C)n1. The molecule has 3 aromatic heterocycles. The minimum absolute atomic E-state index is 0.118. The maximum Gasteiger partial charge on any atom is 0.227 e. The van der Waals surface area contributed by atoms with Crippen molar-refractivity contribution in [3.8, 4) is 10.7 Å². The van der Waals surface area contributed by atoms with Crippen LogP contribution in [0, 0.1) is 6.92 Å². The monoisotopic (exact) mass is 426 g/mol. The third kappa shape index (κ3) is 4.67. The van der Waals surface area contributed by atoms with E-state index in [1.165, 1.54) is 0 Å². The Kier molecular flexibility index (Phi) is 6.08. The van der Waals surface area contributed by atoms with Crippen LogP contribution in [-0.2, 0) is 11.2 Å². The summed E-state index contributed by atoms with van der Waals surface area (Å²) in [7, 11) is 0. The van der Waals surface area contributed by atoms with Crippen LogP contribution in [0.1, 0.15) is 43.6 Å². The van der Waals surface area contributed by atoms with Crippen molar-refractivity contribution in [1.82, 2.24) is 25.0 Å². The first-order valence-electron chi connectivity index (χ1n) is 10.2. The molecule has 0 unspecified atom stereocenters. The molecule has 30 heavy (non-hydrogen) atoms. The van der Waals surface area contributed by atoms with Crippen molar-refractivity contribution in [2.24, 2.45) is 0 Å². The first kappa shape index (κ1) is 20.5. The molecule has 0 bridgehead atoms. The zero-order valence-corrected chi connectivity index (χ0v) is 18.4. The highest BCUT2D eigenvalue weighted by Crippen LogP contribution is 2.22. The van der Waals surface area contributed by atoms with Gasteiger partial charge in [-0.25, -0.2) is 9.97 Å². The van der Waals surface area contributed by atoms with Gasteiger partial charge in [0.05, 0.1) is 4.88 Å². The topological polar surface area (TPSA) is 88.2 Å². The van der Waals surface area contributed by atoms with E-state index in [1.807, 2.05) is 35.4 Å². The third-order valence-electron chi connectivity index (χ3n) is 5.09. The van der Waals surface area contributed by atoms with Crippen molar-refractivity contribution < 1.29 is 9.32 Å². The number of aryl methyl sites for hydroxylation is 2. The van der Waals surface area contributed by atoms with Gasteiger partial charge in [0.2, 0.25) is 17.6 Å². The van der Waals surface area contributed by atoms with Gasteiger partial charge in [0.1, 0.15) is 11.6 Å². The predicted octanol–water partition coefficient (Wildman–Crippen LogP) is 3.30. The second kappa shape index (κ2) is 8.91. The Morgan fingerprint density at radius 2 is 2.00 bits per heavy atom. The number of piperazine rings is 1. The van der Waals surface area contributed by atoms with Gasteiger partial charge in [-0.1, -0.05) is 25.1 Å². The van der Waals surface area contributed by atoms with Crippen LogP contribution in [-0.4, -0.2) is 57.1 Å². The van der Waals surface area contributed by atoms with E-state index >= 15 is 0 Å². The highest BCUT2D eigenvalue weighted by Gasteiger charge is 2.23. The van der Waals surface area contributed by atoms with Gasteiger partial charge in [0.25, 0.3) is 0 Å². The Bertz CT molecular complexity index is 993. The Morgan fingerprint density at radius 3 is 2.70 bits per heavy atom. The van der Waals surface area contributed by atoms with Crippen molar-refractivity contribution in [2.75, 3.05) is 31.1 Å². The van der Waals surface area contributed by atoms with E-state index in [9.17, 15) is 4.79 Å². The standard InChI is InChI=1S/C21H26N6O2S/c1-14(2)20-22-15(3)13-17(23-20)26-8-10-27(11-9-26)19(28)7-6-18-24-21(25-29-18)16-5-4-12-30-16/h4-5,12-14H,6-11H2,1-3H3. The van der Waals surface area contributed by atoms with E-state index in [2.05, 4.69) is 33.9 Å². The molecule has 1 fully saturated rings. The van der Waals surface area contributed by atoms with Crippen LogP contribution in [0.3, 0.4) is 0 Å². The van der Waals surface area contributed by atoms with E-state index in [-0.39, 0.29) is 11.8 Å². The molecule has 1 saturated heterocycles. The molecule has 1 amide bonds. The third-order valence-corrected chi connectivity index (χ3v) is 5.96. The fraction of sp³-hybridized carbons (Fsp3) is 0.476. The van der Waals surface area contributed by atoms with Gasteiger partial charge in [-0.3, -0.25) is 4.79 Å². The Morgan fingerprint density at radius 1 is 1.20 bits per heavy atom. The molecule has 1 aliphatic rings. The molecule has 0 atom stereocenters. The smallest absolute Gasteiger partial charge is 0.227 e. The first-order valence-corrected chi connectivity index (χ1v) is 11.1. The van der Waals surface area contributed by atoms with Crippen molar-refractivity contribution >= 4 is 23.1 Å². The number of hydrogen-bond donors (Lipinski definition) is 0. The van der Waals surface area contributed by atoms with Gasteiger partial charge in [0, 0.05) is 56.7 Å². The number of amides is 1. The lowest BCUT2D eigenvalue weighted by molar-refractivity contribution is -0.131. The largest absolute Gasteiger partial charge is 0.353 e. The number of nitrogens with zero attached hydrogens (tertiary/aromatic N) is 6. The summed E-state index contributed by atoms with van der Waals surface area (Å²) in [6, 6.07) is 5.92. The zero-order valence-electron chi connectivity index (χ0n) is 17.5. The molecular weight excluding hydrogens is 400 g/mol. The summed E-state index contributed by atoms with van der Waals surface area (Å²) in [6.07, 6.45) is 0.830. The molecule has 0 aromatic carbocycles. The molecule has 158 valence electrons. The van der Waals surface area contributed by atoms with Crippen LogP contribution >= 0.6 is 11.3 Å². The molecule has 4 rings (SSSR count). The summed E-state index contributed by atoms with van der Waals surface area (Å²) >= 11 is 1.56. The second-order valence-corrected chi connectivity index (χ2v) is 8.68. The van der Waals surface area contributed by atoms with E-state index in [1.54, 1.807) is 11.3 Å². The Balaban J connectivity index is 1.29. The summed E-state index contributed by atoms with van der Waals surface area (Å²) in [5, 5.41) is 5.97. The number of hydrogen-bond acceptors (Lipinski definition) is 8. The minimum atomic E-state index is 0.118. The number of anilines is 1. The molecule has 3 aromatic rings. The van der Waals surface area contributed by atoms with Crippen molar-refractivity contribution in [3.05, 3.63) is 41.0 Å². The fourth-order valence-electron chi connectivity index (χ4n) is 3.41. The number of rotatable bonds is 6. The normalized spacial score (nSPS) is 14.5. The molecule has 9 heteroatoms. The minimum Gasteiger partial charge on any atom is -0.353 e. The van der Waals surface area contributed by atoms with Crippen LogP contribution in [0.15, 0.2) is 28.1 Å². The van der Waals surface area contributed by atoms with Gasteiger partial charge < -0.3 is 14.3 Å². The van der Waals surface area contributed by atoms with E-state index in [0.29, 0.717) is 37.6 Å². The summed E-state index contributed by atoms with van der Waals surface area (Å²) in [5.41, 5.74) is 0.976. The fourth-order valence-corrected chi connectivity index (χ4v) is 4.06. The number of carbonyl (C=O) groups excluding carboxylic acids is 1. The summed E-state index contributed by atoms with van der Waals surface area (Å²) < 4.78 is 5.30. The van der Waals surface area contributed by atoms with Gasteiger partial charge in [-0.05, 0) is 18.4 Å². The maximum atomic E-state index is 12.6. The van der Waals surface area contributed by atoms with E-state index in [4.69, 9.17) is 9.51 Å². The molecule has 4 heterocycles. The highest BCUT2D eigenvalue weighted by atomic mass is 32.1. The van der Waals surface area contributed by atoms with Crippen molar-refractivity contribution in [2.45, 2.75) is 39.5 Å². The quantitative estimate of drug-likeness (QED) is 0.597. The predicted molar refractivity (Wildman–Crippen MR) is 116 cm³/mol. The van der Waals surface area contributed by atoms with Crippen molar-refractivity contribution in [1.29, 1.82) is 0 Å². The van der Waals surface area contributed by atoms with Crippen LogP contribution in [0.5, 0.6) is 0 Å². The summed E-state index contributed by atoms with van der Waals surface area (Å²) in [5.74, 6) is 3.31. The molecule has 0 spiro atoms. The lowest BCUT2D eigenvalue weighted by Gasteiger charge is -2.35. The average molecular weight is 427 g/mol. The molecule has 0 saturated carbocycles. The van der Waals surface area contributed by atoms with Crippen molar-refractivity contribution in [3.63, 3.8) is 0 Å². The van der Waals surface area contributed by atoms with Crippen LogP contribution < -0.4 is 4.90 Å². The van der Waals surface area contributed by atoms with Crippen LogP contribution in [0.2, 0.25) is 0 Å². The van der Waals surface area contributed by atoms with E-state index < -0.39 is 0 Å². The average Bonchev–Trinajstić information content (AvgIpc) is 3.43. The second-order valence-electron chi connectivity index (χ2n) is 7.74. The Hall–Kier alpha value is -2.81. The number of thiophene rings is 1. The lowest BCUT2D eigenvalue weighted by atomic mass is 10.2. The molecule has 8 nitrogen and oxygen atoms in total. The maximum absolute atomic E-state index is 12.6. The summed E-state index contributed by atoms with van der Waals surface area (Å²) in [4.78, 5) is 31.4. The zero-order chi connectivity index (χ0) is 21.1. The highest BCUT2D eigenvalue weighted by molar-refractivity contribution is 7.13. The molecule has 1 aliphatic heterocycles. The van der Waals surface area contributed by atoms with E-state index in [0.717, 1.165) is 35.3 Å². The van der Waals surface area contributed by atoms with Gasteiger partial charge >= 0.3 is 0 Å². The summed E-state index contributed by atoms with van der Waals surface area (Å²) in [6.45, 7) is 9.10. The molecule has 0 radical (unpaired) electrons. The lowest BCUT2D eigenvalue weighted by Crippen LogP contribution is -2.49. The number of carbonyl (C=O) groups is 1. The van der Waals surface area contributed by atoms with Gasteiger partial charge in [0.15, 0.2) is 0 Å². The molecule has 0 N–H and O–H groups in total. The first-order chi connectivity index (χ1) is 14.5. The van der Waals surface area contributed by atoms with Gasteiger partial charge in [-0.15, -0.1) is 11.3 Å². The van der Waals surface area contributed by atoms with Gasteiger partial charge in [-0.2, -0.15) is 4.98 Å². The molecule has 0 aliphatic carbocycles. The van der Waals surface area contributed by atoms with Crippen LogP contribution in [0.4, 0.5) is 5.82 Å². The molecular formula is C21H26N6O2S. The van der Waals surface area contributed by atoms with Crippen LogP contribution in [0.25, 0.3) is 10.7 Å².